The lowest BCUT2D eigenvalue weighted by Crippen LogP contribution is -2.31. The SMILES string of the molecule is CC(=O)/C=C(/C)C1=C(C)C(OC(C)=O)CCC1(C)C. The minimum Gasteiger partial charge on any atom is -0.458 e. The van der Waals surface area contributed by atoms with Gasteiger partial charge in [0.15, 0.2) is 5.78 Å². The minimum atomic E-state index is -0.253. The van der Waals surface area contributed by atoms with Crippen LogP contribution in [0.4, 0.5) is 0 Å². The molecule has 0 N–H and O–H groups in total. The van der Waals surface area contributed by atoms with Gasteiger partial charge in [-0.05, 0) is 61.8 Å². The van der Waals surface area contributed by atoms with Crippen LogP contribution in [-0.2, 0) is 14.3 Å². The molecule has 0 radical (unpaired) electrons. The van der Waals surface area contributed by atoms with Crippen LogP contribution >= 0.6 is 0 Å². The van der Waals surface area contributed by atoms with E-state index >= 15 is 0 Å². The van der Waals surface area contributed by atoms with Crippen molar-refractivity contribution in [2.45, 2.75) is 60.5 Å². The lowest BCUT2D eigenvalue weighted by molar-refractivity contribution is -0.145. The van der Waals surface area contributed by atoms with E-state index in [1.165, 1.54) is 6.92 Å². The number of rotatable bonds is 3. The summed E-state index contributed by atoms with van der Waals surface area (Å²) in [6, 6.07) is 0. The zero-order valence-electron chi connectivity index (χ0n) is 12.8. The second-order valence-electron chi connectivity index (χ2n) is 6.02. The van der Waals surface area contributed by atoms with Crippen molar-refractivity contribution in [1.29, 1.82) is 0 Å². The third-order valence-electron chi connectivity index (χ3n) is 3.71. The summed E-state index contributed by atoms with van der Waals surface area (Å²) in [5.74, 6) is -0.209. The normalized spacial score (nSPS) is 23.3. The van der Waals surface area contributed by atoms with E-state index in [0.29, 0.717) is 0 Å². The van der Waals surface area contributed by atoms with Crippen LogP contribution in [-0.4, -0.2) is 17.9 Å². The summed E-state index contributed by atoms with van der Waals surface area (Å²) in [5.41, 5.74) is 3.21. The number of esters is 1. The van der Waals surface area contributed by atoms with E-state index in [1.54, 1.807) is 13.0 Å². The summed E-state index contributed by atoms with van der Waals surface area (Å²) in [5, 5.41) is 0. The number of allylic oxidation sites excluding steroid dienone is 3. The molecule has 106 valence electrons. The summed E-state index contributed by atoms with van der Waals surface area (Å²) in [4.78, 5) is 22.4. The third kappa shape index (κ3) is 3.79. The maximum absolute atomic E-state index is 11.3. The van der Waals surface area contributed by atoms with Gasteiger partial charge in [0.05, 0.1) is 0 Å². The maximum Gasteiger partial charge on any atom is 0.303 e. The highest BCUT2D eigenvalue weighted by molar-refractivity contribution is 5.88. The van der Waals surface area contributed by atoms with Crippen molar-refractivity contribution in [2.75, 3.05) is 0 Å². The van der Waals surface area contributed by atoms with Gasteiger partial charge in [-0.15, -0.1) is 0 Å². The first-order valence-corrected chi connectivity index (χ1v) is 6.73. The van der Waals surface area contributed by atoms with Gasteiger partial charge in [0, 0.05) is 6.92 Å². The van der Waals surface area contributed by atoms with Gasteiger partial charge >= 0.3 is 5.97 Å². The van der Waals surface area contributed by atoms with Crippen molar-refractivity contribution in [3.05, 3.63) is 22.8 Å². The van der Waals surface area contributed by atoms with Crippen molar-refractivity contribution in [3.8, 4) is 0 Å². The van der Waals surface area contributed by atoms with Crippen LogP contribution in [0.3, 0.4) is 0 Å². The maximum atomic E-state index is 11.3. The first-order chi connectivity index (χ1) is 8.65. The van der Waals surface area contributed by atoms with Gasteiger partial charge in [0.1, 0.15) is 6.10 Å². The highest BCUT2D eigenvalue weighted by atomic mass is 16.5. The Balaban J connectivity index is 3.24. The number of hydrogen-bond acceptors (Lipinski definition) is 3. The Hall–Kier alpha value is -1.38. The van der Waals surface area contributed by atoms with Crippen molar-refractivity contribution >= 4 is 11.8 Å². The molecule has 0 amide bonds. The molecule has 1 unspecified atom stereocenters. The summed E-state index contributed by atoms with van der Waals surface area (Å²) in [7, 11) is 0. The molecule has 0 fully saturated rings. The second-order valence-corrected chi connectivity index (χ2v) is 6.02. The predicted octanol–water partition coefficient (Wildman–Crippen LogP) is 3.59. The Kier molecular flexibility index (Phi) is 4.72. The largest absolute Gasteiger partial charge is 0.458 e. The monoisotopic (exact) mass is 264 g/mol. The van der Waals surface area contributed by atoms with Gasteiger partial charge < -0.3 is 4.74 Å². The van der Waals surface area contributed by atoms with Gasteiger partial charge in [-0.25, -0.2) is 0 Å². The fraction of sp³-hybridized carbons (Fsp3) is 0.625. The Morgan fingerprint density at radius 2 is 1.84 bits per heavy atom. The summed E-state index contributed by atoms with van der Waals surface area (Å²) >= 11 is 0. The first kappa shape index (κ1) is 15.7. The molecule has 1 aliphatic carbocycles. The van der Waals surface area contributed by atoms with Crippen LogP contribution in [0.25, 0.3) is 0 Å². The fourth-order valence-electron chi connectivity index (χ4n) is 3.10. The second kappa shape index (κ2) is 5.72. The van der Waals surface area contributed by atoms with Crippen LogP contribution in [0, 0.1) is 5.41 Å². The van der Waals surface area contributed by atoms with Crippen LogP contribution in [0.1, 0.15) is 54.4 Å². The molecule has 19 heavy (non-hydrogen) atoms. The van der Waals surface area contributed by atoms with E-state index in [2.05, 4.69) is 13.8 Å². The standard InChI is InChI=1S/C16H24O3/c1-10(9-11(2)17)15-12(3)14(19-13(4)18)7-8-16(15,5)6/h9,14H,7-8H2,1-6H3/b10-9-. The molecule has 1 aliphatic rings. The van der Waals surface area contributed by atoms with Gasteiger partial charge in [0.2, 0.25) is 0 Å². The molecule has 0 heterocycles. The molecule has 0 aromatic carbocycles. The molecule has 3 heteroatoms. The molecule has 0 aromatic heterocycles. The van der Waals surface area contributed by atoms with Crippen molar-refractivity contribution in [3.63, 3.8) is 0 Å². The topological polar surface area (TPSA) is 43.4 Å². The Morgan fingerprint density at radius 3 is 2.32 bits per heavy atom. The van der Waals surface area contributed by atoms with E-state index in [1.807, 2.05) is 13.8 Å². The molecule has 0 saturated heterocycles. The molecule has 1 rings (SSSR count). The summed E-state index contributed by atoms with van der Waals surface area (Å²) < 4.78 is 5.37. The molecular formula is C16H24O3. The predicted molar refractivity (Wildman–Crippen MR) is 75.7 cm³/mol. The average Bonchev–Trinajstić information content (AvgIpc) is 2.20. The molecule has 0 aromatic rings. The number of hydrogen-bond donors (Lipinski definition) is 0. The van der Waals surface area contributed by atoms with Gasteiger partial charge in [-0.1, -0.05) is 13.8 Å². The van der Waals surface area contributed by atoms with Crippen LogP contribution in [0.5, 0.6) is 0 Å². The van der Waals surface area contributed by atoms with E-state index in [0.717, 1.165) is 29.6 Å². The molecule has 0 saturated carbocycles. The summed E-state index contributed by atoms with van der Waals surface area (Å²) in [6.45, 7) is 11.3. The molecule has 0 bridgehead atoms. The molecule has 1 atom stereocenters. The van der Waals surface area contributed by atoms with E-state index < -0.39 is 0 Å². The van der Waals surface area contributed by atoms with Crippen molar-refractivity contribution < 1.29 is 14.3 Å². The molecule has 0 spiro atoms. The van der Waals surface area contributed by atoms with E-state index in [9.17, 15) is 9.59 Å². The molecule has 3 nitrogen and oxygen atoms in total. The number of carbonyl (C=O) groups is 2. The smallest absolute Gasteiger partial charge is 0.303 e. The minimum absolute atomic E-state index is 0.0107. The van der Waals surface area contributed by atoms with Crippen LogP contribution < -0.4 is 0 Å². The lowest BCUT2D eigenvalue weighted by Gasteiger charge is -2.38. The van der Waals surface area contributed by atoms with Gasteiger partial charge in [-0.2, -0.15) is 0 Å². The number of ketones is 1. The van der Waals surface area contributed by atoms with Gasteiger partial charge in [0.25, 0.3) is 0 Å². The Bertz CT molecular complexity index is 453. The first-order valence-electron chi connectivity index (χ1n) is 6.73. The van der Waals surface area contributed by atoms with Crippen LogP contribution in [0.2, 0.25) is 0 Å². The lowest BCUT2D eigenvalue weighted by atomic mass is 9.69. The zero-order chi connectivity index (χ0) is 14.8. The number of ether oxygens (including phenoxy) is 1. The summed E-state index contributed by atoms with van der Waals surface area (Å²) in [6.07, 6.45) is 3.29. The van der Waals surface area contributed by atoms with E-state index in [4.69, 9.17) is 4.74 Å². The average molecular weight is 264 g/mol. The van der Waals surface area contributed by atoms with E-state index in [-0.39, 0.29) is 23.3 Å². The van der Waals surface area contributed by atoms with Crippen molar-refractivity contribution in [2.24, 2.45) is 5.41 Å². The zero-order valence-corrected chi connectivity index (χ0v) is 12.8. The highest BCUT2D eigenvalue weighted by Crippen LogP contribution is 2.44. The van der Waals surface area contributed by atoms with Crippen LogP contribution in [0.15, 0.2) is 22.8 Å². The highest BCUT2D eigenvalue weighted by Gasteiger charge is 2.35. The Morgan fingerprint density at radius 1 is 1.26 bits per heavy atom. The fourth-order valence-corrected chi connectivity index (χ4v) is 3.10. The molecule has 0 aliphatic heterocycles. The number of carbonyl (C=O) groups excluding carboxylic acids is 2. The van der Waals surface area contributed by atoms with Crippen molar-refractivity contribution in [1.82, 2.24) is 0 Å². The Labute approximate surface area is 115 Å². The van der Waals surface area contributed by atoms with Gasteiger partial charge in [-0.3, -0.25) is 9.59 Å². The third-order valence-corrected chi connectivity index (χ3v) is 3.71. The quantitative estimate of drug-likeness (QED) is 0.578. The molecular weight excluding hydrogens is 240 g/mol.